The Morgan fingerprint density at radius 1 is 1.35 bits per heavy atom. The number of hydrogen-bond donors (Lipinski definition) is 1. The molecule has 0 saturated carbocycles. The van der Waals surface area contributed by atoms with Crippen LogP contribution in [0.4, 0.5) is 0 Å². The van der Waals surface area contributed by atoms with Crippen LogP contribution in [0.15, 0.2) is 35.2 Å². The lowest BCUT2D eigenvalue weighted by Crippen LogP contribution is -2.31. The van der Waals surface area contributed by atoms with E-state index in [0.717, 1.165) is 43.8 Å². The molecule has 0 amide bonds. The van der Waals surface area contributed by atoms with E-state index in [2.05, 4.69) is 34.9 Å². The molecular formula is C16H25N3O. The summed E-state index contributed by atoms with van der Waals surface area (Å²) in [4.78, 5) is 4.39. The molecule has 110 valence electrons. The Kier molecular flexibility index (Phi) is 5.87. The van der Waals surface area contributed by atoms with Gasteiger partial charge in [0.2, 0.25) is 0 Å². The van der Waals surface area contributed by atoms with E-state index in [-0.39, 0.29) is 0 Å². The predicted octanol–water partition coefficient (Wildman–Crippen LogP) is 2.95. The molecule has 0 saturated heterocycles. The minimum absolute atomic E-state index is 0.525. The summed E-state index contributed by atoms with van der Waals surface area (Å²) in [7, 11) is 2.06. The normalized spacial score (nSPS) is 12.7. The van der Waals surface area contributed by atoms with Gasteiger partial charge in [0.15, 0.2) is 0 Å². The Labute approximate surface area is 121 Å². The molecule has 4 heteroatoms. The van der Waals surface area contributed by atoms with E-state index >= 15 is 0 Å². The van der Waals surface area contributed by atoms with Gasteiger partial charge in [0, 0.05) is 38.3 Å². The number of aryl methyl sites for hydroxylation is 3. The van der Waals surface area contributed by atoms with E-state index in [1.807, 2.05) is 18.5 Å². The second-order valence-corrected chi connectivity index (χ2v) is 5.26. The van der Waals surface area contributed by atoms with Crippen LogP contribution in [0.2, 0.25) is 0 Å². The summed E-state index contributed by atoms with van der Waals surface area (Å²) >= 11 is 0. The first-order valence-corrected chi connectivity index (χ1v) is 7.51. The van der Waals surface area contributed by atoms with Crippen LogP contribution in [-0.4, -0.2) is 22.1 Å². The first kappa shape index (κ1) is 14.9. The Balaban J connectivity index is 1.81. The largest absolute Gasteiger partial charge is 0.469 e. The summed E-state index contributed by atoms with van der Waals surface area (Å²) in [6, 6.07) is 4.53. The van der Waals surface area contributed by atoms with E-state index in [9.17, 15) is 0 Å². The van der Waals surface area contributed by atoms with E-state index in [1.165, 1.54) is 6.42 Å². The number of hydrogen-bond acceptors (Lipinski definition) is 3. The Morgan fingerprint density at radius 2 is 2.20 bits per heavy atom. The highest BCUT2D eigenvalue weighted by Gasteiger charge is 2.11. The number of aromatic nitrogens is 2. The minimum Gasteiger partial charge on any atom is -0.469 e. The number of imidazole rings is 1. The van der Waals surface area contributed by atoms with Crippen LogP contribution in [0.1, 0.15) is 37.8 Å². The molecule has 20 heavy (non-hydrogen) atoms. The Morgan fingerprint density at radius 3 is 2.85 bits per heavy atom. The molecule has 1 atom stereocenters. The minimum atomic E-state index is 0.525. The molecule has 2 heterocycles. The van der Waals surface area contributed by atoms with Crippen molar-refractivity contribution in [3.05, 3.63) is 42.4 Å². The van der Waals surface area contributed by atoms with Crippen molar-refractivity contribution in [3.8, 4) is 0 Å². The molecule has 0 spiro atoms. The maximum Gasteiger partial charge on any atom is 0.108 e. The average molecular weight is 275 g/mol. The van der Waals surface area contributed by atoms with E-state index < -0.39 is 0 Å². The highest BCUT2D eigenvalue weighted by Crippen LogP contribution is 2.10. The molecule has 0 aliphatic rings. The Bertz CT molecular complexity index is 476. The number of nitrogens with one attached hydrogen (secondary N) is 1. The van der Waals surface area contributed by atoms with Gasteiger partial charge in [-0.25, -0.2) is 4.98 Å². The second kappa shape index (κ2) is 7.90. The molecular weight excluding hydrogens is 250 g/mol. The fraction of sp³-hybridized carbons (Fsp3) is 0.562. The fourth-order valence-electron chi connectivity index (χ4n) is 2.41. The molecule has 2 aromatic rings. The maximum absolute atomic E-state index is 5.41. The summed E-state index contributed by atoms with van der Waals surface area (Å²) < 4.78 is 7.51. The van der Waals surface area contributed by atoms with Gasteiger partial charge in [-0.15, -0.1) is 0 Å². The highest BCUT2D eigenvalue weighted by molar-refractivity contribution is 4.99. The fourth-order valence-corrected chi connectivity index (χ4v) is 2.41. The van der Waals surface area contributed by atoms with Crippen LogP contribution in [0.5, 0.6) is 0 Å². The van der Waals surface area contributed by atoms with E-state index in [4.69, 9.17) is 4.42 Å². The SMILES string of the molecule is CCCNC(CCc1ccco1)CCc1nccn1C. The topological polar surface area (TPSA) is 43.0 Å². The van der Waals surface area contributed by atoms with Crippen LogP contribution in [-0.2, 0) is 19.9 Å². The van der Waals surface area contributed by atoms with Gasteiger partial charge in [-0.2, -0.15) is 0 Å². The smallest absolute Gasteiger partial charge is 0.108 e. The van der Waals surface area contributed by atoms with E-state index in [1.54, 1.807) is 6.26 Å². The summed E-state index contributed by atoms with van der Waals surface area (Å²) in [5.74, 6) is 2.23. The molecule has 0 aromatic carbocycles. The van der Waals surface area contributed by atoms with Gasteiger partial charge in [-0.1, -0.05) is 6.92 Å². The Hall–Kier alpha value is -1.55. The van der Waals surface area contributed by atoms with Gasteiger partial charge in [0.25, 0.3) is 0 Å². The summed E-state index contributed by atoms with van der Waals surface area (Å²) in [6.07, 6.45) is 11.0. The molecule has 1 N–H and O–H groups in total. The molecule has 0 radical (unpaired) electrons. The molecule has 2 rings (SSSR count). The first-order valence-electron chi connectivity index (χ1n) is 7.51. The average Bonchev–Trinajstić information content (AvgIpc) is 3.10. The third-order valence-electron chi connectivity index (χ3n) is 3.64. The van der Waals surface area contributed by atoms with Gasteiger partial charge in [-0.05, 0) is 37.9 Å². The highest BCUT2D eigenvalue weighted by atomic mass is 16.3. The zero-order valence-electron chi connectivity index (χ0n) is 12.5. The monoisotopic (exact) mass is 275 g/mol. The zero-order chi connectivity index (χ0) is 14.2. The molecule has 2 aromatic heterocycles. The lowest BCUT2D eigenvalue weighted by atomic mass is 10.0. The summed E-state index contributed by atoms with van der Waals surface area (Å²) in [6.45, 7) is 3.28. The molecule has 0 fully saturated rings. The molecule has 0 aliphatic heterocycles. The van der Waals surface area contributed by atoms with Crippen LogP contribution < -0.4 is 5.32 Å². The van der Waals surface area contributed by atoms with Gasteiger partial charge in [-0.3, -0.25) is 0 Å². The lowest BCUT2D eigenvalue weighted by Gasteiger charge is -2.18. The number of nitrogens with zero attached hydrogens (tertiary/aromatic N) is 2. The van der Waals surface area contributed by atoms with Crippen molar-refractivity contribution in [1.29, 1.82) is 0 Å². The van der Waals surface area contributed by atoms with Crippen LogP contribution in [0.25, 0.3) is 0 Å². The van der Waals surface area contributed by atoms with Crippen molar-refractivity contribution in [2.75, 3.05) is 6.54 Å². The van der Waals surface area contributed by atoms with Crippen LogP contribution >= 0.6 is 0 Å². The maximum atomic E-state index is 5.41. The van der Waals surface area contributed by atoms with Crippen molar-refractivity contribution >= 4 is 0 Å². The molecule has 0 aliphatic carbocycles. The predicted molar refractivity (Wildman–Crippen MR) is 80.6 cm³/mol. The van der Waals surface area contributed by atoms with Crippen LogP contribution in [0.3, 0.4) is 0 Å². The van der Waals surface area contributed by atoms with Crippen molar-refractivity contribution in [1.82, 2.24) is 14.9 Å². The van der Waals surface area contributed by atoms with Gasteiger partial charge in [0.05, 0.1) is 6.26 Å². The van der Waals surface area contributed by atoms with Gasteiger partial charge >= 0.3 is 0 Å². The number of furan rings is 1. The van der Waals surface area contributed by atoms with Crippen molar-refractivity contribution in [2.45, 2.75) is 45.1 Å². The lowest BCUT2D eigenvalue weighted by molar-refractivity contribution is 0.422. The van der Waals surface area contributed by atoms with E-state index in [0.29, 0.717) is 6.04 Å². The number of rotatable bonds is 9. The van der Waals surface area contributed by atoms with Crippen LogP contribution in [0, 0.1) is 0 Å². The second-order valence-electron chi connectivity index (χ2n) is 5.26. The van der Waals surface area contributed by atoms with Gasteiger partial charge in [0.1, 0.15) is 11.6 Å². The standard InChI is InChI=1S/C16H25N3O/c1-3-10-17-14(6-8-15-5-4-13-20-15)7-9-16-18-11-12-19(16)2/h4-5,11-14,17H,3,6-10H2,1-2H3. The van der Waals surface area contributed by atoms with Gasteiger partial charge < -0.3 is 14.3 Å². The van der Waals surface area contributed by atoms with Crippen molar-refractivity contribution in [2.24, 2.45) is 7.05 Å². The molecule has 0 bridgehead atoms. The van der Waals surface area contributed by atoms with Crippen molar-refractivity contribution in [3.63, 3.8) is 0 Å². The third-order valence-corrected chi connectivity index (χ3v) is 3.64. The third kappa shape index (κ3) is 4.53. The zero-order valence-corrected chi connectivity index (χ0v) is 12.5. The first-order chi connectivity index (χ1) is 9.79. The molecule has 1 unspecified atom stereocenters. The molecule has 4 nitrogen and oxygen atoms in total. The quantitative estimate of drug-likeness (QED) is 0.765. The van der Waals surface area contributed by atoms with Crippen molar-refractivity contribution < 1.29 is 4.42 Å². The summed E-state index contributed by atoms with van der Waals surface area (Å²) in [5.41, 5.74) is 0. The summed E-state index contributed by atoms with van der Waals surface area (Å²) in [5, 5.41) is 3.64.